The molecular weight excluding hydrogens is 238 g/mol. The van der Waals surface area contributed by atoms with Crippen LogP contribution in [0.2, 0.25) is 0 Å². The first-order chi connectivity index (χ1) is 8.65. The highest BCUT2D eigenvalue weighted by molar-refractivity contribution is 5.92. The number of aromatic nitrogens is 1. The maximum absolute atomic E-state index is 11.1. The maximum Gasteiger partial charge on any atom is 0.374 e. The Hall–Kier alpha value is -2.50. The van der Waals surface area contributed by atoms with Gasteiger partial charge < -0.3 is 19.0 Å². The Morgan fingerprint density at radius 1 is 1.33 bits per heavy atom. The van der Waals surface area contributed by atoms with E-state index in [4.69, 9.17) is 19.0 Å². The smallest absolute Gasteiger partial charge is 0.374 e. The SMILES string of the molecule is Cc1nc(-c2ccc3c(c2)OCO3)c(C(=O)O)o1. The van der Waals surface area contributed by atoms with E-state index in [1.165, 1.54) is 0 Å². The number of hydrogen-bond donors (Lipinski definition) is 1. The Morgan fingerprint density at radius 2 is 2.11 bits per heavy atom. The average Bonchev–Trinajstić information content (AvgIpc) is 2.93. The van der Waals surface area contributed by atoms with Gasteiger partial charge in [0.2, 0.25) is 12.6 Å². The number of hydrogen-bond acceptors (Lipinski definition) is 5. The molecule has 1 aliphatic heterocycles. The van der Waals surface area contributed by atoms with E-state index >= 15 is 0 Å². The Bertz CT molecular complexity index is 631. The van der Waals surface area contributed by atoms with Gasteiger partial charge >= 0.3 is 5.97 Å². The van der Waals surface area contributed by atoms with E-state index in [1.54, 1.807) is 25.1 Å². The van der Waals surface area contributed by atoms with Crippen LogP contribution in [-0.4, -0.2) is 22.9 Å². The monoisotopic (exact) mass is 247 g/mol. The second-order valence-electron chi connectivity index (χ2n) is 3.78. The van der Waals surface area contributed by atoms with Crippen molar-refractivity contribution in [3.8, 4) is 22.8 Å². The van der Waals surface area contributed by atoms with Crippen LogP contribution in [-0.2, 0) is 0 Å². The van der Waals surface area contributed by atoms with Crippen LogP contribution in [0.1, 0.15) is 16.4 Å². The van der Waals surface area contributed by atoms with Gasteiger partial charge in [-0.2, -0.15) is 0 Å². The fourth-order valence-electron chi connectivity index (χ4n) is 1.81. The Balaban J connectivity index is 2.12. The molecule has 0 bridgehead atoms. The molecular formula is C12H9NO5. The number of aryl methyl sites for hydroxylation is 1. The predicted octanol–water partition coefficient (Wildman–Crippen LogP) is 2.08. The molecule has 0 aliphatic carbocycles. The summed E-state index contributed by atoms with van der Waals surface area (Å²) in [6.07, 6.45) is 0. The van der Waals surface area contributed by atoms with Crippen LogP contribution in [0.5, 0.6) is 11.5 Å². The molecule has 2 heterocycles. The number of nitrogens with zero attached hydrogens (tertiary/aromatic N) is 1. The van der Waals surface area contributed by atoms with E-state index in [1.807, 2.05) is 0 Å². The van der Waals surface area contributed by atoms with Crippen molar-refractivity contribution in [1.82, 2.24) is 4.98 Å². The largest absolute Gasteiger partial charge is 0.475 e. The highest BCUT2D eigenvalue weighted by Crippen LogP contribution is 2.36. The number of carbonyl (C=O) groups is 1. The lowest BCUT2D eigenvalue weighted by Gasteiger charge is -2.00. The van der Waals surface area contributed by atoms with E-state index in [0.29, 0.717) is 28.6 Å². The molecule has 0 amide bonds. The van der Waals surface area contributed by atoms with Gasteiger partial charge in [-0.1, -0.05) is 0 Å². The molecule has 92 valence electrons. The molecule has 0 saturated heterocycles. The second-order valence-corrected chi connectivity index (χ2v) is 3.78. The van der Waals surface area contributed by atoms with Gasteiger partial charge in [-0.25, -0.2) is 9.78 Å². The molecule has 0 unspecified atom stereocenters. The minimum Gasteiger partial charge on any atom is -0.475 e. The summed E-state index contributed by atoms with van der Waals surface area (Å²) in [4.78, 5) is 15.1. The lowest BCUT2D eigenvalue weighted by atomic mass is 10.1. The molecule has 1 N–H and O–H groups in total. The molecule has 1 aromatic heterocycles. The van der Waals surface area contributed by atoms with Gasteiger partial charge in [0, 0.05) is 12.5 Å². The van der Waals surface area contributed by atoms with Crippen LogP contribution < -0.4 is 9.47 Å². The van der Waals surface area contributed by atoms with Gasteiger partial charge in [0.15, 0.2) is 17.4 Å². The van der Waals surface area contributed by atoms with Crippen LogP contribution in [0.15, 0.2) is 22.6 Å². The van der Waals surface area contributed by atoms with Gasteiger partial charge in [0.05, 0.1) is 0 Å². The summed E-state index contributed by atoms with van der Waals surface area (Å²) in [5, 5.41) is 9.04. The summed E-state index contributed by atoms with van der Waals surface area (Å²) in [7, 11) is 0. The summed E-state index contributed by atoms with van der Waals surface area (Å²) in [5.41, 5.74) is 0.909. The lowest BCUT2D eigenvalue weighted by Crippen LogP contribution is -1.96. The van der Waals surface area contributed by atoms with Gasteiger partial charge in [-0.3, -0.25) is 0 Å². The highest BCUT2D eigenvalue weighted by atomic mass is 16.7. The average molecular weight is 247 g/mol. The van der Waals surface area contributed by atoms with Crippen LogP contribution in [0, 0.1) is 6.92 Å². The van der Waals surface area contributed by atoms with E-state index in [-0.39, 0.29) is 12.6 Å². The molecule has 3 rings (SSSR count). The topological polar surface area (TPSA) is 81.8 Å². The third-order valence-electron chi connectivity index (χ3n) is 2.57. The molecule has 2 aromatic rings. The van der Waals surface area contributed by atoms with E-state index in [0.717, 1.165) is 0 Å². The van der Waals surface area contributed by atoms with Crippen LogP contribution in [0.25, 0.3) is 11.3 Å². The quantitative estimate of drug-likeness (QED) is 0.874. The van der Waals surface area contributed by atoms with Gasteiger partial charge in [-0.15, -0.1) is 0 Å². The van der Waals surface area contributed by atoms with Gasteiger partial charge in [-0.05, 0) is 18.2 Å². The van der Waals surface area contributed by atoms with Crippen LogP contribution in [0.3, 0.4) is 0 Å². The van der Waals surface area contributed by atoms with Crippen molar-refractivity contribution in [2.24, 2.45) is 0 Å². The van der Waals surface area contributed by atoms with Crippen molar-refractivity contribution in [2.45, 2.75) is 6.92 Å². The van der Waals surface area contributed by atoms with E-state index in [2.05, 4.69) is 4.98 Å². The van der Waals surface area contributed by atoms with Crippen LogP contribution in [0.4, 0.5) is 0 Å². The zero-order chi connectivity index (χ0) is 12.7. The number of rotatable bonds is 2. The zero-order valence-electron chi connectivity index (χ0n) is 9.47. The molecule has 0 spiro atoms. The van der Waals surface area contributed by atoms with Crippen molar-refractivity contribution < 1.29 is 23.8 Å². The minimum absolute atomic E-state index is 0.169. The predicted molar refractivity (Wildman–Crippen MR) is 59.8 cm³/mol. The molecule has 1 aliphatic rings. The first-order valence-corrected chi connectivity index (χ1v) is 5.26. The summed E-state index contributed by atoms with van der Waals surface area (Å²) in [6, 6.07) is 5.12. The summed E-state index contributed by atoms with van der Waals surface area (Å²) >= 11 is 0. The molecule has 0 fully saturated rings. The first-order valence-electron chi connectivity index (χ1n) is 5.26. The standard InChI is InChI=1S/C12H9NO5/c1-6-13-10(11(18-6)12(14)15)7-2-3-8-9(4-7)17-5-16-8/h2-4H,5H2,1H3,(H,14,15). The normalized spacial score (nSPS) is 12.7. The van der Waals surface area contributed by atoms with E-state index in [9.17, 15) is 4.79 Å². The van der Waals surface area contributed by atoms with Crippen molar-refractivity contribution in [1.29, 1.82) is 0 Å². The van der Waals surface area contributed by atoms with Crippen molar-refractivity contribution in [3.05, 3.63) is 29.9 Å². The van der Waals surface area contributed by atoms with Gasteiger partial charge in [0.1, 0.15) is 5.69 Å². The summed E-state index contributed by atoms with van der Waals surface area (Å²) in [5.74, 6) is 0.190. The zero-order valence-corrected chi connectivity index (χ0v) is 9.47. The molecule has 0 saturated carbocycles. The van der Waals surface area contributed by atoms with Crippen molar-refractivity contribution in [3.63, 3.8) is 0 Å². The number of oxazole rings is 1. The third kappa shape index (κ3) is 1.58. The Labute approximate surface area is 102 Å². The first kappa shape index (κ1) is 10.6. The van der Waals surface area contributed by atoms with Gasteiger partial charge in [0.25, 0.3) is 0 Å². The maximum atomic E-state index is 11.1. The molecule has 0 radical (unpaired) electrons. The van der Waals surface area contributed by atoms with Crippen molar-refractivity contribution >= 4 is 5.97 Å². The number of carboxylic acids is 1. The summed E-state index contributed by atoms with van der Waals surface area (Å²) < 4.78 is 15.5. The molecule has 0 atom stereocenters. The number of aromatic carboxylic acids is 1. The fraction of sp³-hybridized carbons (Fsp3) is 0.167. The highest BCUT2D eigenvalue weighted by Gasteiger charge is 2.22. The third-order valence-corrected chi connectivity index (χ3v) is 2.57. The molecule has 6 nitrogen and oxygen atoms in total. The number of fused-ring (bicyclic) bond motifs is 1. The molecule has 18 heavy (non-hydrogen) atoms. The van der Waals surface area contributed by atoms with Crippen molar-refractivity contribution in [2.75, 3.05) is 6.79 Å². The Morgan fingerprint density at radius 3 is 2.89 bits per heavy atom. The minimum atomic E-state index is -1.15. The number of benzene rings is 1. The molecule has 1 aromatic carbocycles. The van der Waals surface area contributed by atoms with E-state index < -0.39 is 5.97 Å². The lowest BCUT2D eigenvalue weighted by molar-refractivity contribution is 0.0662. The fourth-order valence-corrected chi connectivity index (χ4v) is 1.81. The Kier molecular flexibility index (Phi) is 2.22. The summed E-state index contributed by atoms with van der Waals surface area (Å²) in [6.45, 7) is 1.77. The molecule has 6 heteroatoms. The van der Waals surface area contributed by atoms with Crippen LogP contribution >= 0.6 is 0 Å². The second kappa shape index (κ2) is 3.76. The number of ether oxygens (including phenoxy) is 2. The number of carboxylic acid groups (broad SMARTS) is 1.